The average Bonchev–Trinajstić information content (AvgIpc) is 2.16. The quantitative estimate of drug-likeness (QED) is 0.745. The van der Waals surface area contributed by atoms with E-state index in [2.05, 4.69) is 0 Å². The summed E-state index contributed by atoms with van der Waals surface area (Å²) in [5.74, 6) is 0.373. The van der Waals surface area contributed by atoms with Gasteiger partial charge >= 0.3 is 0 Å². The van der Waals surface area contributed by atoms with E-state index in [0.29, 0.717) is 17.9 Å². The topological polar surface area (TPSA) is 44.5 Å². The van der Waals surface area contributed by atoms with E-state index in [1.807, 2.05) is 0 Å². The monoisotopic (exact) mass is 197 g/mol. The Morgan fingerprint density at radius 3 is 3.00 bits per heavy atom. The Kier molecular flexibility index (Phi) is 2.39. The highest BCUT2D eigenvalue weighted by molar-refractivity contribution is 5.43. The second-order valence-electron chi connectivity index (χ2n) is 3.38. The lowest BCUT2D eigenvalue weighted by Crippen LogP contribution is -2.16. The number of hydrogen-bond acceptors (Lipinski definition) is 3. The molecule has 1 aromatic carbocycles. The maximum Gasteiger partial charge on any atom is 0.189 e. The normalized spacial score (nSPS) is 17.1. The van der Waals surface area contributed by atoms with Crippen LogP contribution in [-0.4, -0.2) is 6.79 Å². The molecule has 0 aromatic heterocycles. The molecule has 14 heavy (non-hydrogen) atoms. The Labute approximate surface area is 81.6 Å². The summed E-state index contributed by atoms with van der Waals surface area (Å²) in [5.41, 5.74) is 7.14. The SMILES string of the molecule is C[C@H](N)c1cc(F)cc2c1OCOC2. The first-order chi connectivity index (χ1) is 6.68. The van der Waals surface area contributed by atoms with Crippen LogP contribution < -0.4 is 10.5 Å². The molecule has 1 atom stereocenters. The Morgan fingerprint density at radius 2 is 2.29 bits per heavy atom. The smallest absolute Gasteiger partial charge is 0.189 e. The second-order valence-corrected chi connectivity index (χ2v) is 3.38. The maximum atomic E-state index is 13.1. The second kappa shape index (κ2) is 3.55. The van der Waals surface area contributed by atoms with Crippen LogP contribution >= 0.6 is 0 Å². The van der Waals surface area contributed by atoms with Gasteiger partial charge in [-0.1, -0.05) is 0 Å². The van der Waals surface area contributed by atoms with E-state index in [-0.39, 0.29) is 18.7 Å². The average molecular weight is 197 g/mol. The molecule has 0 saturated heterocycles. The minimum absolute atomic E-state index is 0.207. The molecule has 1 aromatic rings. The highest BCUT2D eigenvalue weighted by Gasteiger charge is 2.18. The van der Waals surface area contributed by atoms with E-state index in [1.165, 1.54) is 12.1 Å². The molecule has 0 aliphatic carbocycles. The molecule has 0 radical (unpaired) electrons. The van der Waals surface area contributed by atoms with E-state index in [0.717, 1.165) is 5.56 Å². The molecule has 0 spiro atoms. The van der Waals surface area contributed by atoms with Gasteiger partial charge in [-0.2, -0.15) is 0 Å². The van der Waals surface area contributed by atoms with Crippen LogP contribution in [0, 0.1) is 5.82 Å². The molecule has 3 nitrogen and oxygen atoms in total. The number of hydrogen-bond donors (Lipinski definition) is 1. The molecule has 0 bridgehead atoms. The van der Waals surface area contributed by atoms with Crippen LogP contribution in [0.1, 0.15) is 24.1 Å². The zero-order valence-corrected chi connectivity index (χ0v) is 7.92. The zero-order valence-electron chi connectivity index (χ0n) is 7.92. The number of halogens is 1. The van der Waals surface area contributed by atoms with Gasteiger partial charge in [0.1, 0.15) is 11.6 Å². The van der Waals surface area contributed by atoms with Gasteiger partial charge in [0.15, 0.2) is 6.79 Å². The molecule has 0 unspecified atom stereocenters. The van der Waals surface area contributed by atoms with Crippen LogP contribution in [0.15, 0.2) is 12.1 Å². The third-order valence-electron chi connectivity index (χ3n) is 2.19. The summed E-state index contributed by atoms with van der Waals surface area (Å²) in [4.78, 5) is 0. The van der Waals surface area contributed by atoms with Gasteiger partial charge in [0.25, 0.3) is 0 Å². The molecule has 0 fully saturated rings. The van der Waals surface area contributed by atoms with E-state index in [4.69, 9.17) is 15.2 Å². The highest BCUT2D eigenvalue weighted by atomic mass is 19.1. The number of benzene rings is 1. The van der Waals surface area contributed by atoms with E-state index in [1.54, 1.807) is 6.92 Å². The number of fused-ring (bicyclic) bond motifs is 1. The lowest BCUT2D eigenvalue weighted by atomic mass is 10.0. The van der Waals surface area contributed by atoms with Gasteiger partial charge in [0.2, 0.25) is 0 Å². The summed E-state index contributed by atoms with van der Waals surface area (Å²) in [6, 6.07) is 2.59. The Bertz CT molecular complexity index is 352. The van der Waals surface area contributed by atoms with Gasteiger partial charge in [0.05, 0.1) is 6.61 Å². The molecular weight excluding hydrogens is 185 g/mol. The van der Waals surface area contributed by atoms with Crippen LogP contribution in [-0.2, 0) is 11.3 Å². The van der Waals surface area contributed by atoms with Crippen molar-refractivity contribution in [2.75, 3.05) is 6.79 Å². The summed E-state index contributed by atoms with van der Waals surface area (Å²) in [5, 5.41) is 0. The number of nitrogens with two attached hydrogens (primary N) is 1. The van der Waals surface area contributed by atoms with Crippen LogP contribution in [0.25, 0.3) is 0 Å². The fourth-order valence-electron chi connectivity index (χ4n) is 1.55. The molecular formula is C10H12FNO2. The molecule has 76 valence electrons. The first-order valence-corrected chi connectivity index (χ1v) is 4.47. The molecule has 0 saturated carbocycles. The number of ether oxygens (including phenoxy) is 2. The fraction of sp³-hybridized carbons (Fsp3) is 0.400. The molecule has 1 aliphatic rings. The first-order valence-electron chi connectivity index (χ1n) is 4.47. The van der Waals surface area contributed by atoms with Crippen LogP contribution in [0.4, 0.5) is 4.39 Å². The van der Waals surface area contributed by atoms with E-state index >= 15 is 0 Å². The molecule has 1 heterocycles. The maximum absolute atomic E-state index is 13.1. The van der Waals surface area contributed by atoms with Crippen molar-refractivity contribution in [2.24, 2.45) is 5.73 Å². The fourth-order valence-corrected chi connectivity index (χ4v) is 1.55. The predicted molar refractivity (Wildman–Crippen MR) is 49.3 cm³/mol. The third-order valence-corrected chi connectivity index (χ3v) is 2.19. The minimum atomic E-state index is -0.301. The molecule has 0 amide bonds. The Balaban J connectivity index is 2.52. The van der Waals surface area contributed by atoms with Crippen LogP contribution in [0.3, 0.4) is 0 Å². The van der Waals surface area contributed by atoms with Gasteiger partial charge < -0.3 is 15.2 Å². The molecule has 2 rings (SSSR count). The lowest BCUT2D eigenvalue weighted by Gasteiger charge is -2.22. The van der Waals surface area contributed by atoms with Gasteiger partial charge in [-0.3, -0.25) is 0 Å². The van der Waals surface area contributed by atoms with Crippen LogP contribution in [0.2, 0.25) is 0 Å². The van der Waals surface area contributed by atoms with E-state index < -0.39 is 0 Å². The Hall–Kier alpha value is -1.13. The van der Waals surface area contributed by atoms with Crippen molar-refractivity contribution >= 4 is 0 Å². The Morgan fingerprint density at radius 1 is 1.50 bits per heavy atom. The van der Waals surface area contributed by atoms with Crippen molar-refractivity contribution in [3.05, 3.63) is 29.1 Å². The standard InChI is InChI=1S/C10H12FNO2/c1-6(12)9-3-8(11)2-7-4-13-5-14-10(7)9/h2-3,6H,4-5,12H2,1H3/t6-/m0/s1. The van der Waals surface area contributed by atoms with Crippen molar-refractivity contribution in [1.29, 1.82) is 0 Å². The van der Waals surface area contributed by atoms with Crippen molar-refractivity contribution in [3.63, 3.8) is 0 Å². The summed E-state index contributed by atoms with van der Waals surface area (Å²) in [7, 11) is 0. The molecule has 4 heteroatoms. The van der Waals surface area contributed by atoms with E-state index in [9.17, 15) is 4.39 Å². The van der Waals surface area contributed by atoms with Crippen molar-refractivity contribution < 1.29 is 13.9 Å². The summed E-state index contributed by atoms with van der Waals surface area (Å²) < 4.78 is 23.5. The van der Waals surface area contributed by atoms with Gasteiger partial charge in [-0.15, -0.1) is 0 Å². The van der Waals surface area contributed by atoms with Crippen LogP contribution in [0.5, 0.6) is 5.75 Å². The minimum Gasteiger partial charge on any atom is -0.467 e. The van der Waals surface area contributed by atoms with Gasteiger partial charge in [-0.05, 0) is 19.1 Å². The zero-order chi connectivity index (χ0) is 10.1. The van der Waals surface area contributed by atoms with Crippen molar-refractivity contribution in [2.45, 2.75) is 19.6 Å². The lowest BCUT2D eigenvalue weighted by molar-refractivity contribution is -0.0174. The summed E-state index contributed by atoms with van der Waals surface area (Å²) in [6.07, 6.45) is 0. The summed E-state index contributed by atoms with van der Waals surface area (Å²) >= 11 is 0. The van der Waals surface area contributed by atoms with Gasteiger partial charge in [0, 0.05) is 17.2 Å². The predicted octanol–water partition coefficient (Wildman–Crippen LogP) is 1.71. The van der Waals surface area contributed by atoms with Crippen molar-refractivity contribution in [3.8, 4) is 5.75 Å². The highest BCUT2D eigenvalue weighted by Crippen LogP contribution is 2.32. The molecule has 1 aliphatic heterocycles. The summed E-state index contributed by atoms with van der Waals surface area (Å²) in [6.45, 7) is 2.39. The number of rotatable bonds is 1. The van der Waals surface area contributed by atoms with Gasteiger partial charge in [-0.25, -0.2) is 4.39 Å². The largest absolute Gasteiger partial charge is 0.467 e. The van der Waals surface area contributed by atoms with Crippen molar-refractivity contribution in [1.82, 2.24) is 0 Å². The third kappa shape index (κ3) is 1.58. The first kappa shape index (κ1) is 9.43. The molecule has 2 N–H and O–H groups in total.